The molecule has 0 aromatic rings. The van der Waals surface area contributed by atoms with Gasteiger partial charge in [0.1, 0.15) is 11.6 Å². The van der Waals surface area contributed by atoms with Crippen molar-refractivity contribution in [3.63, 3.8) is 0 Å². The fourth-order valence-corrected chi connectivity index (χ4v) is 1.31. The molecule has 17 heavy (non-hydrogen) atoms. The van der Waals surface area contributed by atoms with Crippen molar-refractivity contribution in [3.05, 3.63) is 0 Å². The smallest absolute Gasteiger partial charge is 0.408 e. The molecule has 0 aromatic heterocycles. The average Bonchev–Trinajstić information content (AvgIpc) is 2.08. The molecule has 0 rings (SSSR count). The number of alkyl carbamates (subject to hydrolysis) is 1. The number of hydrogen-bond acceptors (Lipinski definition) is 4. The van der Waals surface area contributed by atoms with Crippen molar-refractivity contribution < 1.29 is 14.3 Å². The summed E-state index contributed by atoms with van der Waals surface area (Å²) in [5.41, 5.74) is -0.599. The van der Waals surface area contributed by atoms with Gasteiger partial charge < -0.3 is 15.4 Å². The summed E-state index contributed by atoms with van der Waals surface area (Å²) in [6.45, 7) is 8.76. The molecular formula is C11H22N2O3S. The maximum atomic E-state index is 11.6. The molecule has 0 aromatic carbocycles. The Labute approximate surface area is 108 Å². The minimum Gasteiger partial charge on any atom is -0.444 e. The molecule has 2 amide bonds. The third-order valence-electron chi connectivity index (χ3n) is 1.88. The molecular weight excluding hydrogens is 240 g/mol. The monoisotopic (exact) mass is 262 g/mol. The van der Waals surface area contributed by atoms with Crippen molar-refractivity contribution in [2.75, 3.05) is 7.05 Å². The summed E-state index contributed by atoms with van der Waals surface area (Å²) < 4.78 is 4.41. The summed E-state index contributed by atoms with van der Waals surface area (Å²) in [5, 5.41) is 5.00. The van der Waals surface area contributed by atoms with Gasteiger partial charge in [-0.3, -0.25) is 4.79 Å². The maximum absolute atomic E-state index is 11.6. The highest BCUT2D eigenvalue weighted by Crippen LogP contribution is 2.18. The fourth-order valence-electron chi connectivity index (χ4n) is 1.13. The normalized spacial score (nSPS) is 13.8. The predicted molar refractivity (Wildman–Crippen MR) is 70.3 cm³/mol. The number of rotatable bonds is 3. The molecule has 0 unspecified atom stereocenters. The van der Waals surface area contributed by atoms with E-state index in [9.17, 15) is 9.59 Å². The molecule has 0 aliphatic rings. The van der Waals surface area contributed by atoms with Gasteiger partial charge >= 0.3 is 6.09 Å². The van der Waals surface area contributed by atoms with Crippen LogP contribution >= 0.6 is 12.6 Å². The predicted octanol–water partition coefficient (Wildman–Crippen LogP) is 1.33. The standard InChI is InChI=1S/C11H22N2O3S/c1-10(2,3)16-9(15)13-7(8(14)12-6)11(4,5)17/h7,17H,1-6H3,(H,12,14)(H,13,15)/t7-/m1/s1. The quantitative estimate of drug-likeness (QED) is 0.672. The van der Waals surface area contributed by atoms with Crippen LogP contribution in [0.4, 0.5) is 4.79 Å². The Morgan fingerprint density at radius 1 is 1.18 bits per heavy atom. The topological polar surface area (TPSA) is 67.4 Å². The summed E-state index contributed by atoms with van der Waals surface area (Å²) in [5.74, 6) is -0.309. The number of ether oxygens (including phenoxy) is 1. The number of likely N-dealkylation sites (N-methyl/N-ethyl adjacent to an activating group) is 1. The fraction of sp³-hybridized carbons (Fsp3) is 0.818. The molecule has 0 saturated carbocycles. The summed E-state index contributed by atoms with van der Waals surface area (Å²) in [4.78, 5) is 23.2. The van der Waals surface area contributed by atoms with Gasteiger partial charge in [-0.2, -0.15) is 12.6 Å². The molecule has 0 bridgehead atoms. The van der Waals surface area contributed by atoms with Crippen molar-refractivity contribution in [1.82, 2.24) is 10.6 Å². The van der Waals surface area contributed by atoms with Crippen LogP contribution in [0.5, 0.6) is 0 Å². The van der Waals surface area contributed by atoms with Crippen LogP contribution in [0.2, 0.25) is 0 Å². The zero-order valence-electron chi connectivity index (χ0n) is 11.2. The Bertz CT molecular complexity index is 292. The first-order valence-electron chi connectivity index (χ1n) is 5.41. The van der Waals surface area contributed by atoms with Gasteiger partial charge in [-0.15, -0.1) is 0 Å². The van der Waals surface area contributed by atoms with Crippen molar-refractivity contribution in [3.8, 4) is 0 Å². The van der Waals surface area contributed by atoms with E-state index in [0.717, 1.165) is 0 Å². The second kappa shape index (κ2) is 5.62. The Morgan fingerprint density at radius 3 is 1.94 bits per heavy atom. The lowest BCUT2D eigenvalue weighted by Gasteiger charge is -2.30. The summed E-state index contributed by atoms with van der Waals surface area (Å²) in [7, 11) is 1.51. The molecule has 0 fully saturated rings. The number of carbonyl (C=O) groups is 2. The number of hydrogen-bond donors (Lipinski definition) is 3. The van der Waals surface area contributed by atoms with E-state index in [1.54, 1.807) is 34.6 Å². The number of amides is 2. The van der Waals surface area contributed by atoms with Crippen molar-refractivity contribution in [2.45, 2.75) is 51.0 Å². The minimum atomic E-state index is -0.759. The van der Waals surface area contributed by atoms with Crippen LogP contribution in [0, 0.1) is 0 Å². The average molecular weight is 262 g/mol. The zero-order valence-corrected chi connectivity index (χ0v) is 12.1. The summed E-state index contributed by atoms with van der Waals surface area (Å²) in [6.07, 6.45) is -0.631. The Kier molecular flexibility index (Phi) is 5.32. The van der Waals surface area contributed by atoms with E-state index < -0.39 is 22.5 Å². The third-order valence-corrected chi connectivity index (χ3v) is 2.13. The summed E-state index contributed by atoms with van der Waals surface area (Å²) >= 11 is 4.30. The largest absolute Gasteiger partial charge is 0.444 e. The second-order valence-electron chi connectivity index (χ2n) is 5.35. The van der Waals surface area contributed by atoms with Crippen LogP contribution in [-0.4, -0.2) is 35.4 Å². The van der Waals surface area contributed by atoms with Gasteiger partial charge in [0.25, 0.3) is 0 Å². The van der Waals surface area contributed by atoms with Gasteiger partial charge in [-0.05, 0) is 34.6 Å². The third kappa shape index (κ3) is 6.41. The molecule has 0 radical (unpaired) electrons. The molecule has 100 valence electrons. The molecule has 0 saturated heterocycles. The van der Waals surface area contributed by atoms with Crippen LogP contribution in [0.15, 0.2) is 0 Å². The number of thiol groups is 1. The van der Waals surface area contributed by atoms with Crippen LogP contribution in [0.1, 0.15) is 34.6 Å². The van der Waals surface area contributed by atoms with Gasteiger partial charge in [0.05, 0.1) is 0 Å². The number of carbonyl (C=O) groups excluding carboxylic acids is 2. The molecule has 0 aliphatic carbocycles. The molecule has 0 heterocycles. The van der Waals surface area contributed by atoms with Gasteiger partial charge in [-0.1, -0.05) is 0 Å². The van der Waals surface area contributed by atoms with Crippen LogP contribution < -0.4 is 10.6 Å². The SMILES string of the molecule is CNC(=O)[C@@H](NC(=O)OC(C)(C)C)C(C)(C)S. The Balaban J connectivity index is 4.67. The summed E-state index contributed by atoms with van der Waals surface area (Å²) in [6, 6.07) is -0.759. The zero-order chi connectivity index (χ0) is 13.9. The highest BCUT2D eigenvalue weighted by molar-refractivity contribution is 7.81. The van der Waals surface area contributed by atoms with E-state index in [4.69, 9.17) is 4.74 Å². The maximum Gasteiger partial charge on any atom is 0.408 e. The lowest BCUT2D eigenvalue weighted by molar-refractivity contribution is -0.123. The van der Waals surface area contributed by atoms with Crippen LogP contribution in [-0.2, 0) is 9.53 Å². The molecule has 1 atom stereocenters. The number of nitrogens with one attached hydrogen (secondary N) is 2. The lowest BCUT2D eigenvalue weighted by Crippen LogP contribution is -2.55. The molecule has 0 spiro atoms. The van der Waals surface area contributed by atoms with Gasteiger partial charge in [0, 0.05) is 11.8 Å². The van der Waals surface area contributed by atoms with Gasteiger partial charge in [0.15, 0.2) is 0 Å². The highest BCUT2D eigenvalue weighted by atomic mass is 32.1. The second-order valence-corrected chi connectivity index (χ2v) is 6.50. The first-order valence-corrected chi connectivity index (χ1v) is 5.85. The van der Waals surface area contributed by atoms with Crippen LogP contribution in [0.25, 0.3) is 0 Å². The van der Waals surface area contributed by atoms with Gasteiger partial charge in [0.2, 0.25) is 5.91 Å². The molecule has 5 nitrogen and oxygen atoms in total. The van der Waals surface area contributed by atoms with E-state index in [1.165, 1.54) is 7.05 Å². The van der Waals surface area contributed by atoms with Crippen molar-refractivity contribution in [1.29, 1.82) is 0 Å². The Morgan fingerprint density at radius 2 is 1.65 bits per heavy atom. The first kappa shape index (κ1) is 16.1. The minimum absolute atomic E-state index is 0.309. The van der Waals surface area contributed by atoms with E-state index in [2.05, 4.69) is 23.3 Å². The van der Waals surface area contributed by atoms with Crippen molar-refractivity contribution >= 4 is 24.6 Å². The lowest BCUT2D eigenvalue weighted by atomic mass is 10.0. The molecule has 2 N–H and O–H groups in total. The van der Waals surface area contributed by atoms with E-state index in [-0.39, 0.29) is 5.91 Å². The highest BCUT2D eigenvalue weighted by Gasteiger charge is 2.34. The molecule has 0 aliphatic heterocycles. The van der Waals surface area contributed by atoms with E-state index >= 15 is 0 Å². The van der Waals surface area contributed by atoms with E-state index in [0.29, 0.717) is 0 Å². The first-order chi connectivity index (χ1) is 7.47. The van der Waals surface area contributed by atoms with Crippen molar-refractivity contribution in [2.24, 2.45) is 0 Å². The molecule has 6 heteroatoms. The van der Waals surface area contributed by atoms with E-state index in [1.807, 2.05) is 0 Å². The van der Waals surface area contributed by atoms with Gasteiger partial charge in [-0.25, -0.2) is 4.79 Å². The van der Waals surface area contributed by atoms with Crippen LogP contribution in [0.3, 0.4) is 0 Å². The Hall–Kier alpha value is -0.910.